The summed E-state index contributed by atoms with van der Waals surface area (Å²) in [5.74, 6) is 0.892. The van der Waals surface area contributed by atoms with Gasteiger partial charge >= 0.3 is 0 Å². The molecule has 1 saturated heterocycles. The van der Waals surface area contributed by atoms with Gasteiger partial charge in [0.15, 0.2) is 11.5 Å². The van der Waals surface area contributed by atoms with Crippen LogP contribution >= 0.6 is 27.5 Å². The molecule has 1 fully saturated rings. The van der Waals surface area contributed by atoms with Crippen LogP contribution in [0.3, 0.4) is 0 Å². The molecule has 2 aromatic rings. The largest absolute Gasteiger partial charge is 0.493 e. The molecule has 0 radical (unpaired) electrons. The van der Waals surface area contributed by atoms with Gasteiger partial charge in [-0.25, -0.2) is 0 Å². The Bertz CT molecular complexity index is 964. The Labute approximate surface area is 187 Å². The minimum absolute atomic E-state index is 0.0394. The van der Waals surface area contributed by atoms with E-state index >= 15 is 0 Å². The topological polar surface area (TPSA) is 85.2 Å². The number of piperazine rings is 1. The third-order valence-corrected chi connectivity index (χ3v) is 5.63. The number of nitro benzene ring substituents is 1. The molecule has 1 heterocycles. The molecule has 160 valence electrons. The lowest BCUT2D eigenvalue weighted by molar-refractivity contribution is -0.384. The highest BCUT2D eigenvalue weighted by molar-refractivity contribution is 9.10. The number of hydrogen-bond acceptors (Lipinski definition) is 6. The predicted molar refractivity (Wildman–Crippen MR) is 118 cm³/mol. The average Bonchev–Trinajstić information content (AvgIpc) is 2.74. The van der Waals surface area contributed by atoms with Crippen molar-refractivity contribution in [2.45, 2.75) is 6.92 Å². The Hall–Kier alpha value is -2.52. The quantitative estimate of drug-likeness (QED) is 0.434. The molecule has 1 amide bonds. The van der Waals surface area contributed by atoms with Crippen LogP contribution in [-0.4, -0.2) is 55.6 Å². The van der Waals surface area contributed by atoms with Crippen molar-refractivity contribution < 1.29 is 19.2 Å². The zero-order valence-electron chi connectivity index (χ0n) is 16.6. The van der Waals surface area contributed by atoms with Gasteiger partial charge in [-0.3, -0.25) is 14.9 Å². The minimum atomic E-state index is -0.442. The van der Waals surface area contributed by atoms with Crippen molar-refractivity contribution in [2.24, 2.45) is 0 Å². The summed E-state index contributed by atoms with van der Waals surface area (Å²) in [6.45, 7) is 4.17. The van der Waals surface area contributed by atoms with Crippen LogP contribution in [0.15, 0.2) is 34.8 Å². The maximum absolute atomic E-state index is 13.0. The molecule has 1 aliphatic heterocycles. The zero-order chi connectivity index (χ0) is 21.8. The molecule has 0 aliphatic carbocycles. The van der Waals surface area contributed by atoms with Gasteiger partial charge in [0.05, 0.1) is 23.1 Å². The molecule has 10 heteroatoms. The summed E-state index contributed by atoms with van der Waals surface area (Å²) >= 11 is 9.34. The maximum atomic E-state index is 13.0. The number of carbonyl (C=O) groups excluding carboxylic acids is 1. The number of nitro groups is 1. The Morgan fingerprint density at radius 3 is 2.53 bits per heavy atom. The number of hydrogen-bond donors (Lipinski definition) is 0. The molecule has 0 atom stereocenters. The van der Waals surface area contributed by atoms with E-state index < -0.39 is 4.92 Å². The summed E-state index contributed by atoms with van der Waals surface area (Å²) in [6.07, 6.45) is 0. The molecule has 0 N–H and O–H groups in total. The van der Waals surface area contributed by atoms with Crippen LogP contribution in [-0.2, 0) is 0 Å². The molecule has 0 bridgehead atoms. The van der Waals surface area contributed by atoms with Gasteiger partial charge in [0.25, 0.3) is 11.6 Å². The van der Waals surface area contributed by atoms with E-state index in [1.165, 1.54) is 13.2 Å². The highest BCUT2D eigenvalue weighted by Gasteiger charge is 2.27. The molecule has 1 aliphatic rings. The number of anilines is 1. The van der Waals surface area contributed by atoms with Crippen molar-refractivity contribution in [2.75, 3.05) is 44.8 Å². The summed E-state index contributed by atoms with van der Waals surface area (Å²) in [5, 5.41) is 11.7. The molecule has 3 rings (SSSR count). The van der Waals surface area contributed by atoms with E-state index in [1.807, 2.05) is 11.8 Å². The van der Waals surface area contributed by atoms with Gasteiger partial charge in [0.1, 0.15) is 5.69 Å². The lowest BCUT2D eigenvalue weighted by atomic mass is 10.1. The SMILES string of the molecule is CCOc1c(Br)cc(C(=O)N2CCN(c3ccc(Cl)cc3[N+](=O)[O-])CC2)cc1OC. The first-order valence-electron chi connectivity index (χ1n) is 9.34. The van der Waals surface area contributed by atoms with E-state index in [4.69, 9.17) is 21.1 Å². The highest BCUT2D eigenvalue weighted by atomic mass is 79.9. The van der Waals surface area contributed by atoms with E-state index in [0.717, 1.165) is 0 Å². The summed E-state index contributed by atoms with van der Waals surface area (Å²) in [4.78, 5) is 27.6. The van der Waals surface area contributed by atoms with Crippen LogP contribution in [0.5, 0.6) is 11.5 Å². The molecule has 0 saturated carbocycles. The number of ether oxygens (including phenoxy) is 2. The number of amides is 1. The highest BCUT2D eigenvalue weighted by Crippen LogP contribution is 2.37. The first-order chi connectivity index (χ1) is 14.3. The first kappa shape index (κ1) is 22.2. The standard InChI is InChI=1S/C20H21BrClN3O5/c1-3-30-19-15(21)10-13(11-18(19)29-2)20(26)24-8-6-23(7-9-24)16-5-4-14(22)12-17(16)25(27)28/h4-5,10-12H,3,6-9H2,1-2H3. The van der Waals surface area contributed by atoms with Crippen molar-refractivity contribution in [3.05, 3.63) is 55.5 Å². The Morgan fingerprint density at radius 2 is 1.93 bits per heavy atom. The summed E-state index contributed by atoms with van der Waals surface area (Å²) in [5.41, 5.74) is 0.942. The lowest BCUT2D eigenvalue weighted by Crippen LogP contribution is -2.49. The fraction of sp³-hybridized carbons (Fsp3) is 0.350. The van der Waals surface area contributed by atoms with Gasteiger partial charge in [0.2, 0.25) is 0 Å². The van der Waals surface area contributed by atoms with Crippen LogP contribution in [0.25, 0.3) is 0 Å². The van der Waals surface area contributed by atoms with Gasteiger partial charge in [-0.05, 0) is 47.1 Å². The molecule has 0 aromatic heterocycles. The number of nitrogens with zero attached hydrogens (tertiary/aromatic N) is 3. The van der Waals surface area contributed by atoms with Gasteiger partial charge in [0, 0.05) is 42.8 Å². The molecule has 0 unspecified atom stereocenters. The predicted octanol–water partition coefficient (Wildman–Crippen LogP) is 4.38. The van der Waals surface area contributed by atoms with Gasteiger partial charge in [-0.15, -0.1) is 0 Å². The third-order valence-electron chi connectivity index (χ3n) is 4.81. The van der Waals surface area contributed by atoms with Crippen molar-refractivity contribution in [1.82, 2.24) is 4.90 Å². The number of rotatable bonds is 6. The van der Waals surface area contributed by atoms with E-state index in [9.17, 15) is 14.9 Å². The van der Waals surface area contributed by atoms with E-state index in [2.05, 4.69) is 15.9 Å². The monoisotopic (exact) mass is 497 g/mol. The molecule has 2 aromatic carbocycles. The molecule has 30 heavy (non-hydrogen) atoms. The number of methoxy groups -OCH3 is 1. The normalized spacial score (nSPS) is 13.9. The maximum Gasteiger partial charge on any atom is 0.294 e. The Balaban J connectivity index is 1.75. The molecular formula is C20H21BrClN3O5. The second-order valence-electron chi connectivity index (χ2n) is 6.59. The number of halogens is 2. The summed E-state index contributed by atoms with van der Waals surface area (Å²) in [6, 6.07) is 8.00. The van der Waals surface area contributed by atoms with E-state index in [-0.39, 0.29) is 11.6 Å². The fourth-order valence-electron chi connectivity index (χ4n) is 3.37. The Kier molecular flexibility index (Phi) is 7.04. The van der Waals surface area contributed by atoms with Crippen LogP contribution in [0, 0.1) is 10.1 Å². The van der Waals surface area contributed by atoms with Crippen LogP contribution < -0.4 is 14.4 Å². The van der Waals surface area contributed by atoms with Crippen molar-refractivity contribution >= 4 is 44.8 Å². The molecular weight excluding hydrogens is 478 g/mol. The average molecular weight is 499 g/mol. The second-order valence-corrected chi connectivity index (χ2v) is 7.88. The van der Waals surface area contributed by atoms with Crippen molar-refractivity contribution in [3.8, 4) is 11.5 Å². The van der Waals surface area contributed by atoms with Gasteiger partial charge in [-0.1, -0.05) is 11.6 Å². The van der Waals surface area contributed by atoms with Crippen LogP contribution in [0.4, 0.5) is 11.4 Å². The lowest BCUT2D eigenvalue weighted by Gasteiger charge is -2.36. The van der Waals surface area contributed by atoms with E-state index in [1.54, 1.807) is 29.2 Å². The Morgan fingerprint density at radius 1 is 1.23 bits per heavy atom. The zero-order valence-corrected chi connectivity index (χ0v) is 18.9. The third kappa shape index (κ3) is 4.62. The molecule has 0 spiro atoms. The number of carbonyl (C=O) groups is 1. The first-order valence-corrected chi connectivity index (χ1v) is 10.5. The molecule has 8 nitrogen and oxygen atoms in total. The second kappa shape index (κ2) is 9.53. The van der Waals surface area contributed by atoms with E-state index in [0.29, 0.717) is 65.0 Å². The fourth-order valence-corrected chi connectivity index (χ4v) is 4.09. The van der Waals surface area contributed by atoms with Crippen molar-refractivity contribution in [3.63, 3.8) is 0 Å². The summed E-state index contributed by atoms with van der Waals surface area (Å²) in [7, 11) is 1.52. The smallest absolute Gasteiger partial charge is 0.294 e. The van der Waals surface area contributed by atoms with Crippen LogP contribution in [0.2, 0.25) is 5.02 Å². The van der Waals surface area contributed by atoms with Crippen molar-refractivity contribution in [1.29, 1.82) is 0 Å². The minimum Gasteiger partial charge on any atom is -0.493 e. The van der Waals surface area contributed by atoms with Crippen LogP contribution in [0.1, 0.15) is 17.3 Å². The number of benzene rings is 2. The summed E-state index contributed by atoms with van der Waals surface area (Å²) < 4.78 is 11.6. The van der Waals surface area contributed by atoms with Gasteiger partial charge in [-0.2, -0.15) is 0 Å². The van der Waals surface area contributed by atoms with Gasteiger partial charge < -0.3 is 19.3 Å².